The van der Waals surface area contributed by atoms with Crippen molar-refractivity contribution in [2.75, 3.05) is 26.3 Å². The molecule has 1 N–H and O–H groups in total. The van der Waals surface area contributed by atoms with E-state index in [1.807, 2.05) is 20.8 Å². The molecule has 0 amide bonds. The molecular formula is C15H24FNO2. The monoisotopic (exact) mass is 269 g/mol. The standard InChI is InChI=1S/C15H24FNO2/c1-12(2)18-9-4-7-17-8-10-19-15-6-5-14(16)11-13(15)3/h5-6,11-12,17H,4,7-10H2,1-3H3. The predicted octanol–water partition coefficient (Wildman–Crippen LogP) is 2.92. The third-order valence-electron chi connectivity index (χ3n) is 2.62. The van der Waals surface area contributed by atoms with E-state index in [4.69, 9.17) is 9.47 Å². The van der Waals surface area contributed by atoms with E-state index in [1.54, 1.807) is 6.07 Å². The summed E-state index contributed by atoms with van der Waals surface area (Å²) in [6.07, 6.45) is 1.29. The molecule has 0 spiro atoms. The van der Waals surface area contributed by atoms with Gasteiger partial charge in [-0.2, -0.15) is 0 Å². The van der Waals surface area contributed by atoms with Crippen molar-refractivity contribution in [2.24, 2.45) is 0 Å². The van der Waals surface area contributed by atoms with Crippen LogP contribution in [0.2, 0.25) is 0 Å². The topological polar surface area (TPSA) is 30.5 Å². The molecule has 0 aliphatic heterocycles. The van der Waals surface area contributed by atoms with Crippen LogP contribution in [0, 0.1) is 12.7 Å². The maximum atomic E-state index is 12.9. The Hall–Kier alpha value is -1.13. The first-order valence-electron chi connectivity index (χ1n) is 6.81. The quantitative estimate of drug-likeness (QED) is 0.699. The predicted molar refractivity (Wildman–Crippen MR) is 75.2 cm³/mol. The molecule has 0 fully saturated rings. The van der Waals surface area contributed by atoms with Gasteiger partial charge < -0.3 is 14.8 Å². The molecule has 0 aliphatic carbocycles. The summed E-state index contributed by atoms with van der Waals surface area (Å²) in [6.45, 7) is 8.96. The number of hydrogen-bond donors (Lipinski definition) is 1. The van der Waals surface area contributed by atoms with Gasteiger partial charge in [-0.05, 0) is 57.5 Å². The van der Waals surface area contributed by atoms with E-state index in [-0.39, 0.29) is 5.82 Å². The lowest BCUT2D eigenvalue weighted by molar-refractivity contribution is 0.0770. The molecule has 1 rings (SSSR count). The minimum Gasteiger partial charge on any atom is -0.492 e. The molecule has 1 aromatic rings. The maximum absolute atomic E-state index is 12.9. The number of rotatable bonds is 9. The summed E-state index contributed by atoms with van der Waals surface area (Å²) >= 11 is 0. The molecule has 0 heterocycles. The van der Waals surface area contributed by atoms with Gasteiger partial charge in [0.05, 0.1) is 6.10 Å². The van der Waals surface area contributed by atoms with E-state index in [1.165, 1.54) is 12.1 Å². The summed E-state index contributed by atoms with van der Waals surface area (Å²) < 4.78 is 23.9. The number of nitrogens with one attached hydrogen (secondary N) is 1. The van der Waals surface area contributed by atoms with Gasteiger partial charge >= 0.3 is 0 Å². The lowest BCUT2D eigenvalue weighted by Crippen LogP contribution is -2.23. The van der Waals surface area contributed by atoms with Gasteiger partial charge in [-0.15, -0.1) is 0 Å². The van der Waals surface area contributed by atoms with Crippen LogP contribution in [0.15, 0.2) is 18.2 Å². The molecule has 0 bridgehead atoms. The summed E-state index contributed by atoms with van der Waals surface area (Å²) in [4.78, 5) is 0. The van der Waals surface area contributed by atoms with Crippen LogP contribution in [-0.4, -0.2) is 32.4 Å². The molecule has 1 aromatic carbocycles. The summed E-state index contributed by atoms with van der Waals surface area (Å²) in [7, 11) is 0. The van der Waals surface area contributed by atoms with Crippen LogP contribution < -0.4 is 10.1 Å². The van der Waals surface area contributed by atoms with E-state index in [0.29, 0.717) is 12.7 Å². The van der Waals surface area contributed by atoms with Gasteiger partial charge in [0, 0.05) is 13.2 Å². The normalized spacial score (nSPS) is 11.0. The number of hydrogen-bond acceptors (Lipinski definition) is 3. The Morgan fingerprint density at radius 1 is 1.21 bits per heavy atom. The average Bonchev–Trinajstić information content (AvgIpc) is 2.34. The van der Waals surface area contributed by atoms with Crippen molar-refractivity contribution < 1.29 is 13.9 Å². The van der Waals surface area contributed by atoms with Crippen LogP contribution in [0.5, 0.6) is 5.75 Å². The Labute approximate surface area is 115 Å². The van der Waals surface area contributed by atoms with E-state index in [0.717, 1.165) is 37.4 Å². The fraction of sp³-hybridized carbons (Fsp3) is 0.600. The largest absolute Gasteiger partial charge is 0.492 e. The average molecular weight is 269 g/mol. The van der Waals surface area contributed by atoms with Crippen molar-refractivity contribution in [2.45, 2.75) is 33.3 Å². The highest BCUT2D eigenvalue weighted by Gasteiger charge is 2.00. The number of aryl methyl sites for hydroxylation is 1. The van der Waals surface area contributed by atoms with Crippen molar-refractivity contribution in [3.63, 3.8) is 0 Å². The molecule has 3 nitrogen and oxygen atoms in total. The first kappa shape index (κ1) is 15.9. The Morgan fingerprint density at radius 2 is 2.00 bits per heavy atom. The van der Waals surface area contributed by atoms with E-state index in [9.17, 15) is 4.39 Å². The number of halogens is 1. The lowest BCUT2D eigenvalue weighted by atomic mass is 10.2. The minimum atomic E-state index is -0.229. The van der Waals surface area contributed by atoms with E-state index in [2.05, 4.69) is 5.32 Å². The van der Waals surface area contributed by atoms with E-state index < -0.39 is 0 Å². The molecule has 108 valence electrons. The van der Waals surface area contributed by atoms with Crippen molar-refractivity contribution in [3.05, 3.63) is 29.6 Å². The molecule has 0 saturated heterocycles. The summed E-state index contributed by atoms with van der Waals surface area (Å²) in [5.41, 5.74) is 0.824. The highest BCUT2D eigenvalue weighted by Crippen LogP contribution is 2.17. The van der Waals surface area contributed by atoms with Crippen LogP contribution >= 0.6 is 0 Å². The zero-order chi connectivity index (χ0) is 14.1. The van der Waals surface area contributed by atoms with Crippen LogP contribution in [0.3, 0.4) is 0 Å². The summed E-state index contributed by atoms with van der Waals surface area (Å²) in [6, 6.07) is 4.56. The lowest BCUT2D eigenvalue weighted by Gasteiger charge is -2.10. The van der Waals surface area contributed by atoms with Gasteiger partial charge in [-0.25, -0.2) is 4.39 Å². The first-order valence-corrected chi connectivity index (χ1v) is 6.81. The molecule has 0 aliphatic rings. The molecular weight excluding hydrogens is 245 g/mol. The van der Waals surface area contributed by atoms with Crippen LogP contribution in [0.4, 0.5) is 4.39 Å². The Balaban J connectivity index is 2.04. The molecule has 0 unspecified atom stereocenters. The summed E-state index contributed by atoms with van der Waals surface area (Å²) in [5, 5.41) is 3.28. The minimum absolute atomic E-state index is 0.229. The van der Waals surface area contributed by atoms with Gasteiger partial charge in [0.2, 0.25) is 0 Å². The van der Waals surface area contributed by atoms with Crippen LogP contribution in [0.25, 0.3) is 0 Å². The maximum Gasteiger partial charge on any atom is 0.123 e. The van der Waals surface area contributed by atoms with Gasteiger partial charge in [-0.1, -0.05) is 0 Å². The third-order valence-corrected chi connectivity index (χ3v) is 2.62. The van der Waals surface area contributed by atoms with Crippen LogP contribution in [-0.2, 0) is 4.74 Å². The van der Waals surface area contributed by atoms with Gasteiger partial charge in [0.1, 0.15) is 18.2 Å². The van der Waals surface area contributed by atoms with Crippen LogP contribution in [0.1, 0.15) is 25.8 Å². The molecule has 0 atom stereocenters. The van der Waals surface area contributed by atoms with Gasteiger partial charge in [0.25, 0.3) is 0 Å². The smallest absolute Gasteiger partial charge is 0.123 e. The van der Waals surface area contributed by atoms with Gasteiger partial charge in [0.15, 0.2) is 0 Å². The van der Waals surface area contributed by atoms with Crippen molar-refractivity contribution in [1.29, 1.82) is 0 Å². The Bertz CT molecular complexity index is 369. The molecule has 19 heavy (non-hydrogen) atoms. The second-order valence-electron chi connectivity index (χ2n) is 4.78. The zero-order valence-electron chi connectivity index (χ0n) is 12.0. The fourth-order valence-electron chi connectivity index (χ4n) is 1.65. The van der Waals surface area contributed by atoms with E-state index >= 15 is 0 Å². The third kappa shape index (κ3) is 7.13. The first-order chi connectivity index (χ1) is 9.09. The Morgan fingerprint density at radius 3 is 2.68 bits per heavy atom. The Kier molecular flexibility index (Phi) is 7.45. The molecule has 0 saturated carbocycles. The number of benzene rings is 1. The fourth-order valence-corrected chi connectivity index (χ4v) is 1.65. The van der Waals surface area contributed by atoms with Crippen molar-refractivity contribution >= 4 is 0 Å². The second-order valence-corrected chi connectivity index (χ2v) is 4.78. The SMILES string of the molecule is Cc1cc(F)ccc1OCCNCCCOC(C)C. The highest BCUT2D eigenvalue weighted by atomic mass is 19.1. The molecule has 0 radical (unpaired) electrons. The second kappa shape index (κ2) is 8.88. The van der Waals surface area contributed by atoms with Gasteiger partial charge in [-0.3, -0.25) is 0 Å². The molecule has 0 aromatic heterocycles. The van der Waals surface area contributed by atoms with Crippen molar-refractivity contribution in [1.82, 2.24) is 5.32 Å². The van der Waals surface area contributed by atoms with Crippen molar-refractivity contribution in [3.8, 4) is 5.75 Å². The summed E-state index contributed by atoms with van der Waals surface area (Å²) in [5.74, 6) is 0.513. The molecule has 4 heteroatoms. The zero-order valence-corrected chi connectivity index (χ0v) is 12.0. The number of ether oxygens (including phenoxy) is 2. The highest BCUT2D eigenvalue weighted by molar-refractivity contribution is 5.32.